The minimum atomic E-state index is -3.56. The van der Waals surface area contributed by atoms with Crippen molar-refractivity contribution in [1.29, 1.82) is 0 Å². The van der Waals surface area contributed by atoms with Crippen molar-refractivity contribution in [2.45, 2.75) is 4.90 Å². The second-order valence-corrected chi connectivity index (χ2v) is 8.16. The molecule has 144 valence electrons. The van der Waals surface area contributed by atoms with Crippen LogP contribution in [0, 0.1) is 20.2 Å². The molecule has 0 radical (unpaired) electrons. The number of aliphatic hydroxyl groups excluding tert-OH is 1. The molecule has 0 aliphatic carbocycles. The van der Waals surface area contributed by atoms with Crippen molar-refractivity contribution in [2.75, 3.05) is 35.7 Å². The predicted octanol–water partition coefficient (Wildman–Crippen LogP) is 0.499. The molecule has 0 atom stereocenters. The Bertz CT molecular complexity index is 810. The highest BCUT2D eigenvalue weighted by Crippen LogP contribution is 2.38. The number of carbonyl (C=O) groups is 1. The number of hydrogen-bond acceptors (Lipinski definition) is 10. The zero-order valence-electron chi connectivity index (χ0n) is 13.2. The summed E-state index contributed by atoms with van der Waals surface area (Å²) in [5.74, 6) is -2.61. The van der Waals surface area contributed by atoms with Crippen molar-refractivity contribution >= 4 is 44.6 Å². The van der Waals surface area contributed by atoms with Crippen LogP contribution in [0.5, 0.6) is 0 Å². The Balaban J connectivity index is 3.14. The number of rotatable bonds is 11. The largest absolute Gasteiger partial charge is 0.481 e. The van der Waals surface area contributed by atoms with E-state index < -0.39 is 60.9 Å². The summed E-state index contributed by atoms with van der Waals surface area (Å²) >= 11 is 0.610. The number of nitrogens with one attached hydrogen (secondary N) is 1. The molecule has 12 nitrogen and oxygen atoms in total. The first-order valence-electron chi connectivity index (χ1n) is 6.94. The van der Waals surface area contributed by atoms with E-state index in [2.05, 4.69) is 5.32 Å². The fourth-order valence-electron chi connectivity index (χ4n) is 1.83. The number of nitrogens with zero attached hydrogens (tertiary/aromatic N) is 2. The molecular formula is C12H15N3O9S2. The van der Waals surface area contributed by atoms with Crippen LogP contribution in [-0.2, 0) is 14.6 Å². The summed E-state index contributed by atoms with van der Waals surface area (Å²) in [4.78, 5) is 31.0. The number of aliphatic carboxylic acids is 1. The standard InChI is InChI=1S/C12H15N3O9S2/c16-2-4-26(23,24)3-1-13-8-5-11(25-7-12(17)18)10(15(21)22)6-9(8)14(19)20/h5-6,13,16H,1-4,7H2,(H,17,18). The molecule has 0 fully saturated rings. The fraction of sp³-hybridized carbons (Fsp3) is 0.417. The summed E-state index contributed by atoms with van der Waals surface area (Å²) in [6.45, 7) is -0.792. The van der Waals surface area contributed by atoms with Gasteiger partial charge >= 0.3 is 5.97 Å². The maximum atomic E-state index is 11.5. The highest BCUT2D eigenvalue weighted by molar-refractivity contribution is 8.00. The van der Waals surface area contributed by atoms with E-state index in [0.29, 0.717) is 17.8 Å². The molecule has 3 N–H and O–H groups in total. The Kier molecular flexibility index (Phi) is 7.73. The molecule has 0 amide bonds. The average molecular weight is 409 g/mol. The van der Waals surface area contributed by atoms with Gasteiger partial charge < -0.3 is 15.5 Å². The minimum Gasteiger partial charge on any atom is -0.481 e. The number of benzene rings is 1. The molecule has 0 heterocycles. The molecule has 0 aliphatic rings. The first kappa shape index (κ1) is 21.6. The summed E-state index contributed by atoms with van der Waals surface area (Å²) in [7, 11) is -3.56. The van der Waals surface area contributed by atoms with Crippen molar-refractivity contribution < 1.29 is 33.3 Å². The molecule has 1 aromatic rings. The molecule has 0 aliphatic heterocycles. The molecule has 0 bridgehead atoms. The van der Waals surface area contributed by atoms with Crippen molar-refractivity contribution in [3.05, 3.63) is 32.4 Å². The van der Waals surface area contributed by atoms with Crippen molar-refractivity contribution in [3.63, 3.8) is 0 Å². The van der Waals surface area contributed by atoms with Crippen molar-refractivity contribution in [3.8, 4) is 0 Å². The molecule has 1 rings (SSSR count). The summed E-state index contributed by atoms with van der Waals surface area (Å²) < 4.78 is 23.1. The zero-order chi connectivity index (χ0) is 19.9. The number of nitro groups is 2. The maximum Gasteiger partial charge on any atom is 0.313 e. The normalized spacial score (nSPS) is 11.1. The van der Waals surface area contributed by atoms with E-state index in [1.165, 1.54) is 0 Å². The molecule has 1 aromatic carbocycles. The Hall–Kier alpha value is -2.45. The molecule has 14 heteroatoms. The molecular weight excluding hydrogens is 394 g/mol. The van der Waals surface area contributed by atoms with Crippen LogP contribution in [0.4, 0.5) is 17.1 Å². The van der Waals surface area contributed by atoms with E-state index >= 15 is 0 Å². The van der Waals surface area contributed by atoms with E-state index in [9.17, 15) is 33.4 Å². The molecule has 0 aromatic heterocycles. The number of nitro benzene ring substituents is 2. The van der Waals surface area contributed by atoms with Crippen LogP contribution in [-0.4, -0.2) is 64.9 Å². The van der Waals surface area contributed by atoms with Gasteiger partial charge in [-0.05, 0) is 6.07 Å². The third kappa shape index (κ3) is 6.45. The van der Waals surface area contributed by atoms with Gasteiger partial charge in [-0.15, -0.1) is 11.8 Å². The second-order valence-electron chi connectivity index (χ2n) is 4.84. The average Bonchev–Trinajstić information content (AvgIpc) is 2.51. The summed E-state index contributed by atoms with van der Waals surface area (Å²) in [6, 6.07) is 1.73. The van der Waals surface area contributed by atoms with Gasteiger partial charge in [0.2, 0.25) is 0 Å². The molecule has 0 saturated heterocycles. The summed E-state index contributed by atoms with van der Waals surface area (Å²) in [6.07, 6.45) is 0. The summed E-state index contributed by atoms with van der Waals surface area (Å²) in [5.41, 5.74) is -1.44. The lowest BCUT2D eigenvalue weighted by Crippen LogP contribution is -2.20. The third-order valence-electron chi connectivity index (χ3n) is 2.95. The third-order valence-corrected chi connectivity index (χ3v) is 5.61. The molecule has 0 spiro atoms. The van der Waals surface area contributed by atoms with Crippen LogP contribution in [0.1, 0.15) is 0 Å². The Morgan fingerprint density at radius 3 is 2.27 bits per heavy atom. The zero-order valence-corrected chi connectivity index (χ0v) is 14.8. The number of aliphatic hydroxyl groups is 1. The van der Waals surface area contributed by atoms with E-state index in [1.54, 1.807) is 0 Å². The van der Waals surface area contributed by atoms with Crippen molar-refractivity contribution in [2.24, 2.45) is 0 Å². The van der Waals surface area contributed by atoms with Crippen LogP contribution in [0.25, 0.3) is 0 Å². The highest BCUT2D eigenvalue weighted by atomic mass is 32.2. The highest BCUT2D eigenvalue weighted by Gasteiger charge is 2.25. The minimum absolute atomic E-state index is 0.108. The van der Waals surface area contributed by atoms with Crippen LogP contribution >= 0.6 is 11.8 Å². The lowest BCUT2D eigenvalue weighted by molar-refractivity contribution is -0.395. The van der Waals surface area contributed by atoms with Gasteiger partial charge in [0.05, 0.1) is 44.7 Å². The van der Waals surface area contributed by atoms with E-state index in [0.717, 1.165) is 6.07 Å². The Morgan fingerprint density at radius 2 is 1.77 bits per heavy atom. The lowest BCUT2D eigenvalue weighted by Gasteiger charge is -2.10. The number of anilines is 1. The van der Waals surface area contributed by atoms with E-state index in [-0.39, 0.29) is 17.1 Å². The van der Waals surface area contributed by atoms with Gasteiger partial charge in [-0.1, -0.05) is 0 Å². The van der Waals surface area contributed by atoms with Crippen LogP contribution in [0.2, 0.25) is 0 Å². The smallest absolute Gasteiger partial charge is 0.313 e. The number of sulfone groups is 1. The number of carboxylic acids is 1. The quantitative estimate of drug-likeness (QED) is 0.262. The molecule has 0 saturated carbocycles. The van der Waals surface area contributed by atoms with E-state index in [1.807, 2.05) is 0 Å². The van der Waals surface area contributed by atoms with Crippen LogP contribution in [0.15, 0.2) is 17.0 Å². The predicted molar refractivity (Wildman–Crippen MR) is 92.3 cm³/mol. The number of carboxylic acid groups (broad SMARTS) is 1. The van der Waals surface area contributed by atoms with Gasteiger partial charge in [0.15, 0.2) is 9.84 Å². The topological polar surface area (TPSA) is 190 Å². The SMILES string of the molecule is O=C(O)CSc1cc(NCCS(=O)(=O)CCO)c([N+](=O)[O-])cc1[N+](=O)[O-]. The summed E-state index contributed by atoms with van der Waals surface area (Å²) in [5, 5.41) is 42.1. The van der Waals surface area contributed by atoms with E-state index in [4.69, 9.17) is 10.2 Å². The lowest BCUT2D eigenvalue weighted by atomic mass is 10.2. The maximum absolute atomic E-state index is 11.5. The Labute approximate surface area is 151 Å². The monoisotopic (exact) mass is 409 g/mol. The Morgan fingerprint density at radius 1 is 1.15 bits per heavy atom. The van der Waals surface area contributed by atoms with Gasteiger partial charge in [0.1, 0.15) is 5.69 Å². The van der Waals surface area contributed by atoms with Crippen molar-refractivity contribution in [1.82, 2.24) is 0 Å². The number of hydrogen-bond donors (Lipinski definition) is 3. The van der Waals surface area contributed by atoms with Gasteiger partial charge in [0.25, 0.3) is 11.4 Å². The molecule has 26 heavy (non-hydrogen) atoms. The van der Waals surface area contributed by atoms with Gasteiger partial charge in [-0.2, -0.15) is 0 Å². The fourth-order valence-corrected chi connectivity index (χ4v) is 3.49. The molecule has 0 unspecified atom stereocenters. The van der Waals surface area contributed by atoms with Crippen LogP contribution < -0.4 is 5.32 Å². The first-order valence-corrected chi connectivity index (χ1v) is 9.74. The second kappa shape index (κ2) is 9.30. The van der Waals surface area contributed by atoms with Gasteiger partial charge in [0, 0.05) is 6.54 Å². The van der Waals surface area contributed by atoms with Gasteiger partial charge in [-0.25, -0.2) is 8.42 Å². The number of thioether (sulfide) groups is 1. The van der Waals surface area contributed by atoms with Crippen LogP contribution in [0.3, 0.4) is 0 Å². The van der Waals surface area contributed by atoms with Gasteiger partial charge in [-0.3, -0.25) is 25.0 Å². The first-order chi connectivity index (χ1) is 12.1.